The van der Waals surface area contributed by atoms with Crippen molar-refractivity contribution in [2.24, 2.45) is 0 Å². The molecule has 3 heteroatoms. The zero-order chi connectivity index (χ0) is 12.6. The Kier molecular flexibility index (Phi) is 2.86. The smallest absolute Gasteiger partial charge is 0.163 e. The Balaban J connectivity index is 1.65. The molecule has 3 rings (SSSR count). The molecule has 18 heavy (non-hydrogen) atoms. The number of Topliss-reactive ketones (excluding diaryl/α,β-unsaturated/α-hetero) is 1. The van der Waals surface area contributed by atoms with Crippen LogP contribution in [0.4, 0.5) is 0 Å². The van der Waals surface area contributed by atoms with Gasteiger partial charge >= 0.3 is 0 Å². The number of hydrogen-bond acceptors (Lipinski definition) is 3. The minimum Gasteiger partial charge on any atom is -0.493 e. The highest BCUT2D eigenvalue weighted by atomic mass is 16.5. The number of rotatable bonds is 4. The van der Waals surface area contributed by atoms with E-state index in [1.54, 1.807) is 0 Å². The predicted molar refractivity (Wildman–Crippen MR) is 68.0 cm³/mol. The van der Waals surface area contributed by atoms with E-state index in [2.05, 4.69) is 0 Å². The largest absolute Gasteiger partial charge is 0.493 e. The second-order valence-electron chi connectivity index (χ2n) is 5.38. The van der Waals surface area contributed by atoms with Crippen molar-refractivity contribution in [3.63, 3.8) is 0 Å². The third-order valence-electron chi connectivity index (χ3n) is 4.14. The van der Waals surface area contributed by atoms with E-state index in [0.29, 0.717) is 19.4 Å². The third-order valence-corrected chi connectivity index (χ3v) is 4.14. The number of benzene rings is 1. The maximum absolute atomic E-state index is 11.6. The predicted octanol–water partition coefficient (Wildman–Crippen LogP) is 2.50. The van der Waals surface area contributed by atoms with Crippen LogP contribution in [0.15, 0.2) is 18.2 Å². The van der Waals surface area contributed by atoms with Gasteiger partial charge in [-0.05, 0) is 31.7 Å². The van der Waals surface area contributed by atoms with Crippen molar-refractivity contribution < 1.29 is 14.6 Å². The summed E-state index contributed by atoms with van der Waals surface area (Å²) in [5.74, 6) is 1.04. The van der Waals surface area contributed by atoms with Crippen LogP contribution in [-0.2, 0) is 6.42 Å². The summed E-state index contributed by atoms with van der Waals surface area (Å²) in [5, 5.41) is 9.99. The highest BCUT2D eigenvalue weighted by Crippen LogP contribution is 2.35. The van der Waals surface area contributed by atoms with Crippen molar-refractivity contribution in [2.75, 3.05) is 6.61 Å². The van der Waals surface area contributed by atoms with Crippen LogP contribution in [0.2, 0.25) is 0 Å². The van der Waals surface area contributed by atoms with Crippen LogP contribution in [0, 0.1) is 0 Å². The van der Waals surface area contributed by atoms with Crippen LogP contribution in [-0.4, -0.2) is 23.1 Å². The second kappa shape index (κ2) is 4.39. The van der Waals surface area contributed by atoms with E-state index in [0.717, 1.165) is 42.6 Å². The summed E-state index contributed by atoms with van der Waals surface area (Å²) >= 11 is 0. The average molecular weight is 246 g/mol. The maximum Gasteiger partial charge on any atom is 0.163 e. The molecule has 3 nitrogen and oxygen atoms in total. The average Bonchev–Trinajstić information content (AvgIpc) is 2.70. The zero-order valence-electron chi connectivity index (χ0n) is 10.4. The molecular formula is C15H18O3. The molecule has 0 saturated heterocycles. The molecule has 2 aliphatic rings. The van der Waals surface area contributed by atoms with Gasteiger partial charge in [-0.25, -0.2) is 0 Å². The highest BCUT2D eigenvalue weighted by molar-refractivity contribution is 6.01. The van der Waals surface area contributed by atoms with E-state index in [1.165, 1.54) is 0 Å². The molecule has 0 unspecified atom stereocenters. The summed E-state index contributed by atoms with van der Waals surface area (Å²) in [6.07, 6.45) is 4.97. The summed E-state index contributed by atoms with van der Waals surface area (Å²) in [7, 11) is 0. The Morgan fingerprint density at radius 2 is 2.11 bits per heavy atom. The fourth-order valence-corrected chi connectivity index (χ4v) is 2.78. The van der Waals surface area contributed by atoms with Gasteiger partial charge in [0.2, 0.25) is 0 Å². The summed E-state index contributed by atoms with van der Waals surface area (Å²) in [6.45, 7) is 0.529. The molecule has 0 bridgehead atoms. The van der Waals surface area contributed by atoms with Gasteiger partial charge in [0.1, 0.15) is 5.75 Å². The van der Waals surface area contributed by atoms with Gasteiger partial charge in [0.05, 0.1) is 12.2 Å². The standard InChI is InChI=1S/C15H18O3/c16-13-6-5-12-11(13)3-1-4-14(12)18-10-9-15(17)7-2-8-15/h1,3-4,17H,2,5-10H2. The van der Waals surface area contributed by atoms with Crippen molar-refractivity contribution in [2.45, 2.75) is 44.1 Å². The van der Waals surface area contributed by atoms with E-state index >= 15 is 0 Å². The number of ether oxygens (including phenoxy) is 1. The first kappa shape index (κ1) is 11.7. The van der Waals surface area contributed by atoms with Gasteiger partial charge in [0.15, 0.2) is 5.78 Å². The topological polar surface area (TPSA) is 46.5 Å². The first-order chi connectivity index (χ1) is 8.68. The van der Waals surface area contributed by atoms with Gasteiger partial charge in [-0.2, -0.15) is 0 Å². The number of aliphatic hydroxyl groups is 1. The van der Waals surface area contributed by atoms with Crippen LogP contribution in [0.5, 0.6) is 5.75 Å². The van der Waals surface area contributed by atoms with Crippen LogP contribution in [0.3, 0.4) is 0 Å². The van der Waals surface area contributed by atoms with Gasteiger partial charge in [-0.3, -0.25) is 4.79 Å². The minimum atomic E-state index is -0.492. The summed E-state index contributed by atoms with van der Waals surface area (Å²) in [4.78, 5) is 11.6. The van der Waals surface area contributed by atoms with Crippen LogP contribution in [0.1, 0.15) is 48.0 Å². The fourth-order valence-electron chi connectivity index (χ4n) is 2.78. The molecule has 0 amide bonds. The number of hydrogen-bond donors (Lipinski definition) is 1. The molecule has 0 radical (unpaired) electrons. The normalized spacial score (nSPS) is 20.4. The monoisotopic (exact) mass is 246 g/mol. The molecule has 1 aromatic carbocycles. The Labute approximate surface area is 107 Å². The Bertz CT molecular complexity index is 475. The molecule has 0 spiro atoms. The highest BCUT2D eigenvalue weighted by Gasteiger charge is 2.34. The molecule has 0 heterocycles. The SMILES string of the molecule is O=C1CCc2c(OCCC3(O)CCC3)cccc21. The number of fused-ring (bicyclic) bond motifs is 1. The molecule has 0 atom stereocenters. The van der Waals surface area contributed by atoms with E-state index in [-0.39, 0.29) is 5.78 Å². The lowest BCUT2D eigenvalue weighted by Crippen LogP contribution is -2.38. The molecule has 0 aliphatic heterocycles. The lowest BCUT2D eigenvalue weighted by molar-refractivity contribution is -0.0482. The van der Waals surface area contributed by atoms with Gasteiger partial charge in [-0.1, -0.05) is 12.1 Å². The van der Waals surface area contributed by atoms with Crippen molar-refractivity contribution in [3.05, 3.63) is 29.3 Å². The minimum absolute atomic E-state index is 0.216. The Morgan fingerprint density at radius 1 is 1.28 bits per heavy atom. The van der Waals surface area contributed by atoms with Crippen LogP contribution >= 0.6 is 0 Å². The van der Waals surface area contributed by atoms with Crippen molar-refractivity contribution in [3.8, 4) is 5.75 Å². The summed E-state index contributed by atoms with van der Waals surface area (Å²) in [5.41, 5.74) is 1.37. The first-order valence-electron chi connectivity index (χ1n) is 6.68. The van der Waals surface area contributed by atoms with E-state index < -0.39 is 5.60 Å². The van der Waals surface area contributed by atoms with Crippen LogP contribution in [0.25, 0.3) is 0 Å². The van der Waals surface area contributed by atoms with Crippen molar-refractivity contribution in [1.29, 1.82) is 0 Å². The fraction of sp³-hybridized carbons (Fsp3) is 0.533. The summed E-state index contributed by atoms with van der Waals surface area (Å²) < 4.78 is 5.76. The molecule has 2 aliphatic carbocycles. The number of ketones is 1. The van der Waals surface area contributed by atoms with Gasteiger partial charge in [-0.15, -0.1) is 0 Å². The van der Waals surface area contributed by atoms with Crippen molar-refractivity contribution in [1.82, 2.24) is 0 Å². The zero-order valence-corrected chi connectivity index (χ0v) is 10.4. The van der Waals surface area contributed by atoms with Gasteiger partial charge in [0, 0.05) is 24.0 Å². The van der Waals surface area contributed by atoms with E-state index in [4.69, 9.17) is 4.74 Å². The molecular weight excluding hydrogens is 228 g/mol. The summed E-state index contributed by atoms with van der Waals surface area (Å²) in [6, 6.07) is 5.66. The molecule has 0 aromatic heterocycles. The first-order valence-corrected chi connectivity index (χ1v) is 6.68. The van der Waals surface area contributed by atoms with Crippen molar-refractivity contribution >= 4 is 5.78 Å². The van der Waals surface area contributed by atoms with Gasteiger partial charge in [0.25, 0.3) is 0 Å². The lowest BCUT2D eigenvalue weighted by Gasteiger charge is -2.36. The van der Waals surface area contributed by atoms with Gasteiger partial charge < -0.3 is 9.84 Å². The number of carbonyl (C=O) groups excluding carboxylic acids is 1. The second-order valence-corrected chi connectivity index (χ2v) is 5.38. The Morgan fingerprint density at radius 3 is 2.83 bits per heavy atom. The molecule has 1 saturated carbocycles. The van der Waals surface area contributed by atoms with E-state index in [1.807, 2.05) is 18.2 Å². The lowest BCUT2D eigenvalue weighted by atomic mass is 9.78. The van der Waals surface area contributed by atoms with Crippen LogP contribution < -0.4 is 4.74 Å². The Hall–Kier alpha value is -1.35. The quantitative estimate of drug-likeness (QED) is 0.887. The van der Waals surface area contributed by atoms with E-state index in [9.17, 15) is 9.90 Å². The molecule has 1 fully saturated rings. The molecule has 1 aromatic rings. The molecule has 1 N–H and O–H groups in total. The molecule has 96 valence electrons. The number of carbonyl (C=O) groups is 1. The third kappa shape index (κ3) is 2.03. The maximum atomic E-state index is 11.6.